The van der Waals surface area contributed by atoms with Crippen LogP contribution in [0.3, 0.4) is 0 Å². The Kier molecular flexibility index (Phi) is 2.94. The van der Waals surface area contributed by atoms with Crippen LogP contribution in [0.1, 0.15) is 22.7 Å². The summed E-state index contributed by atoms with van der Waals surface area (Å²) in [5, 5.41) is 3.65. The van der Waals surface area contributed by atoms with Crippen LogP contribution in [0.2, 0.25) is 0 Å². The smallest absolute Gasteiger partial charge is 0.231 e. The van der Waals surface area contributed by atoms with Gasteiger partial charge in [-0.25, -0.2) is 0 Å². The van der Waals surface area contributed by atoms with Crippen molar-refractivity contribution in [2.45, 2.75) is 18.9 Å². The van der Waals surface area contributed by atoms with Gasteiger partial charge in [-0.05, 0) is 54.3 Å². The second kappa shape index (κ2) is 5.05. The van der Waals surface area contributed by atoms with Crippen LogP contribution < -0.4 is 24.3 Å². The lowest BCUT2D eigenvalue weighted by Crippen LogP contribution is -2.33. The van der Waals surface area contributed by atoms with E-state index in [1.807, 2.05) is 6.07 Å². The van der Waals surface area contributed by atoms with Gasteiger partial charge in [0.05, 0.1) is 14.2 Å². The second-order valence-corrected chi connectivity index (χ2v) is 6.35. The molecule has 0 fully saturated rings. The van der Waals surface area contributed by atoms with Gasteiger partial charge in [0.25, 0.3) is 0 Å². The monoisotopic (exact) mass is 325 g/mol. The molecule has 2 aromatic carbocycles. The van der Waals surface area contributed by atoms with Crippen molar-refractivity contribution in [3.8, 4) is 34.1 Å². The van der Waals surface area contributed by atoms with E-state index in [9.17, 15) is 0 Å². The van der Waals surface area contributed by atoms with E-state index in [0.717, 1.165) is 53.5 Å². The Morgan fingerprint density at radius 2 is 2.08 bits per heavy atom. The molecule has 124 valence electrons. The first-order valence-electron chi connectivity index (χ1n) is 8.24. The number of fused-ring (bicyclic) bond motifs is 4. The van der Waals surface area contributed by atoms with Gasteiger partial charge in [-0.3, -0.25) is 0 Å². The summed E-state index contributed by atoms with van der Waals surface area (Å²) in [7, 11) is 3.37. The molecule has 5 heteroatoms. The molecule has 24 heavy (non-hydrogen) atoms. The van der Waals surface area contributed by atoms with Crippen LogP contribution in [0.4, 0.5) is 0 Å². The maximum Gasteiger partial charge on any atom is 0.231 e. The summed E-state index contributed by atoms with van der Waals surface area (Å²) in [5.74, 6) is 3.29. The van der Waals surface area contributed by atoms with E-state index in [1.165, 1.54) is 16.7 Å². The summed E-state index contributed by atoms with van der Waals surface area (Å²) in [5.41, 5.74) is 6.19. The van der Waals surface area contributed by atoms with Crippen LogP contribution in [0.5, 0.6) is 23.0 Å². The van der Waals surface area contributed by atoms with Gasteiger partial charge >= 0.3 is 0 Å². The molecule has 0 unspecified atom stereocenters. The SMILES string of the molecule is COc1ccc2c(c1OC)C[C@H]1NCCc3cc4c(c-2c31)OCO4. The normalized spacial score (nSPS) is 19.5. The standard InChI is InChI=1S/C19H19NO4/c1-21-14-4-3-11-12(18(14)22-2)8-13-16-10(5-6-20-13)7-15-19(17(11)16)24-9-23-15/h3-4,7,13,20H,5-6,8-9H2,1-2H3/t13-/m1/s1. The van der Waals surface area contributed by atoms with E-state index in [1.54, 1.807) is 14.2 Å². The molecule has 0 spiro atoms. The molecule has 1 N–H and O–H groups in total. The number of benzene rings is 2. The predicted molar refractivity (Wildman–Crippen MR) is 89.3 cm³/mol. The molecule has 1 atom stereocenters. The largest absolute Gasteiger partial charge is 0.493 e. The molecule has 0 amide bonds. The zero-order valence-electron chi connectivity index (χ0n) is 13.8. The molecule has 0 aromatic heterocycles. The number of rotatable bonds is 2. The van der Waals surface area contributed by atoms with Gasteiger partial charge in [0.1, 0.15) is 0 Å². The van der Waals surface area contributed by atoms with Crippen molar-refractivity contribution in [3.05, 3.63) is 34.9 Å². The number of nitrogens with one attached hydrogen (secondary N) is 1. The lowest BCUT2D eigenvalue weighted by Gasteiger charge is -2.35. The molecule has 2 heterocycles. The van der Waals surface area contributed by atoms with E-state index >= 15 is 0 Å². The van der Waals surface area contributed by atoms with Gasteiger partial charge in [0.2, 0.25) is 6.79 Å². The van der Waals surface area contributed by atoms with Crippen LogP contribution in [-0.4, -0.2) is 27.6 Å². The summed E-state index contributed by atoms with van der Waals surface area (Å²) < 4.78 is 22.7. The third kappa shape index (κ3) is 1.73. The van der Waals surface area contributed by atoms with Crippen molar-refractivity contribution in [1.82, 2.24) is 5.32 Å². The highest BCUT2D eigenvalue weighted by Crippen LogP contribution is 2.54. The fourth-order valence-electron chi connectivity index (χ4n) is 4.27. The molecule has 1 aliphatic carbocycles. The van der Waals surface area contributed by atoms with Crippen LogP contribution in [-0.2, 0) is 12.8 Å². The molecule has 0 bridgehead atoms. The fourth-order valence-corrected chi connectivity index (χ4v) is 4.27. The van der Waals surface area contributed by atoms with E-state index in [2.05, 4.69) is 17.4 Å². The number of ether oxygens (including phenoxy) is 4. The van der Waals surface area contributed by atoms with Crippen molar-refractivity contribution < 1.29 is 18.9 Å². The molecule has 5 nitrogen and oxygen atoms in total. The number of hydrogen-bond acceptors (Lipinski definition) is 5. The van der Waals surface area contributed by atoms with Crippen LogP contribution in [0.15, 0.2) is 18.2 Å². The quantitative estimate of drug-likeness (QED) is 0.920. The van der Waals surface area contributed by atoms with Crippen LogP contribution in [0.25, 0.3) is 11.1 Å². The summed E-state index contributed by atoms with van der Waals surface area (Å²) >= 11 is 0. The van der Waals surface area contributed by atoms with Crippen LogP contribution >= 0.6 is 0 Å². The van der Waals surface area contributed by atoms with Crippen LogP contribution in [0, 0.1) is 0 Å². The van der Waals surface area contributed by atoms with Gasteiger partial charge in [0.15, 0.2) is 23.0 Å². The van der Waals surface area contributed by atoms with Crippen molar-refractivity contribution in [2.75, 3.05) is 27.6 Å². The second-order valence-electron chi connectivity index (χ2n) is 6.35. The zero-order valence-corrected chi connectivity index (χ0v) is 13.8. The van der Waals surface area contributed by atoms with E-state index in [0.29, 0.717) is 0 Å². The third-order valence-corrected chi connectivity index (χ3v) is 5.25. The zero-order chi connectivity index (χ0) is 16.3. The molecule has 0 saturated heterocycles. The van der Waals surface area contributed by atoms with Gasteiger partial charge in [-0.15, -0.1) is 0 Å². The highest BCUT2D eigenvalue weighted by atomic mass is 16.7. The average Bonchev–Trinajstić information content (AvgIpc) is 3.08. The highest BCUT2D eigenvalue weighted by Gasteiger charge is 2.37. The minimum Gasteiger partial charge on any atom is -0.493 e. The minimum absolute atomic E-state index is 0.270. The Morgan fingerprint density at radius 3 is 2.92 bits per heavy atom. The minimum atomic E-state index is 0.270. The fraction of sp³-hybridized carbons (Fsp3) is 0.368. The maximum atomic E-state index is 5.83. The average molecular weight is 325 g/mol. The Hall–Kier alpha value is -2.40. The van der Waals surface area contributed by atoms with Crippen molar-refractivity contribution in [1.29, 1.82) is 0 Å². The molecule has 5 rings (SSSR count). The molecule has 3 aliphatic rings. The van der Waals surface area contributed by atoms with E-state index < -0.39 is 0 Å². The molecule has 0 saturated carbocycles. The van der Waals surface area contributed by atoms with E-state index in [4.69, 9.17) is 18.9 Å². The van der Waals surface area contributed by atoms with Crippen molar-refractivity contribution in [2.24, 2.45) is 0 Å². The Bertz CT molecular complexity index is 846. The number of methoxy groups -OCH3 is 2. The van der Waals surface area contributed by atoms with Gasteiger partial charge in [-0.1, -0.05) is 0 Å². The summed E-state index contributed by atoms with van der Waals surface area (Å²) in [6, 6.07) is 6.50. The predicted octanol–water partition coefficient (Wildman–Crippen LogP) is 2.84. The summed E-state index contributed by atoms with van der Waals surface area (Å²) in [6.45, 7) is 1.25. The molecule has 0 radical (unpaired) electrons. The molecule has 2 aromatic rings. The molecular weight excluding hydrogens is 306 g/mol. The van der Waals surface area contributed by atoms with Gasteiger partial charge in [0, 0.05) is 17.2 Å². The Labute approximate surface area is 140 Å². The maximum absolute atomic E-state index is 5.83. The third-order valence-electron chi connectivity index (χ3n) is 5.25. The van der Waals surface area contributed by atoms with E-state index in [-0.39, 0.29) is 12.8 Å². The Morgan fingerprint density at radius 1 is 1.17 bits per heavy atom. The highest BCUT2D eigenvalue weighted by molar-refractivity contribution is 5.86. The lowest BCUT2D eigenvalue weighted by atomic mass is 9.77. The molecule has 2 aliphatic heterocycles. The first-order chi connectivity index (χ1) is 11.8. The van der Waals surface area contributed by atoms with Gasteiger partial charge in [-0.2, -0.15) is 0 Å². The first kappa shape index (κ1) is 14.0. The van der Waals surface area contributed by atoms with Gasteiger partial charge < -0.3 is 24.3 Å². The topological polar surface area (TPSA) is 49.0 Å². The number of hydrogen-bond donors (Lipinski definition) is 1. The summed E-state index contributed by atoms with van der Waals surface area (Å²) in [6.07, 6.45) is 1.90. The Balaban J connectivity index is 1.85. The lowest BCUT2D eigenvalue weighted by molar-refractivity contribution is 0.174. The molecular formula is C19H19NO4. The first-order valence-corrected chi connectivity index (χ1v) is 8.24. The summed E-state index contributed by atoms with van der Waals surface area (Å²) in [4.78, 5) is 0. The van der Waals surface area contributed by atoms with Crippen molar-refractivity contribution >= 4 is 0 Å². The van der Waals surface area contributed by atoms with Crippen molar-refractivity contribution in [3.63, 3.8) is 0 Å².